The number of rotatable bonds is 5. The Bertz CT molecular complexity index is 598. The molecule has 1 atom stereocenters. The summed E-state index contributed by atoms with van der Waals surface area (Å²) < 4.78 is 0. The first kappa shape index (κ1) is 18.8. The van der Waals surface area contributed by atoms with Gasteiger partial charge in [0, 0.05) is 31.2 Å². The van der Waals surface area contributed by atoms with Crippen molar-refractivity contribution in [2.75, 3.05) is 25.0 Å². The lowest BCUT2D eigenvalue weighted by Crippen LogP contribution is -2.49. The van der Waals surface area contributed by atoms with E-state index in [0.717, 1.165) is 5.69 Å². The fraction of sp³-hybridized carbons (Fsp3) is 0.500. The van der Waals surface area contributed by atoms with Crippen LogP contribution in [0.25, 0.3) is 0 Å². The van der Waals surface area contributed by atoms with Crippen LogP contribution in [-0.2, 0) is 9.59 Å². The molecular formula is C18H26N4O3. The number of hydrogen-bond donors (Lipinski definition) is 3. The number of urea groups is 1. The molecule has 1 saturated heterocycles. The first-order valence-electron chi connectivity index (χ1n) is 8.70. The molecule has 7 nitrogen and oxygen atoms in total. The first-order valence-corrected chi connectivity index (χ1v) is 8.70. The molecule has 0 saturated carbocycles. The number of likely N-dealkylation sites (tertiary alicyclic amines) is 1. The minimum absolute atomic E-state index is 0.123. The van der Waals surface area contributed by atoms with E-state index >= 15 is 0 Å². The van der Waals surface area contributed by atoms with Crippen molar-refractivity contribution in [3.8, 4) is 0 Å². The molecule has 0 radical (unpaired) electrons. The predicted molar refractivity (Wildman–Crippen MR) is 96.0 cm³/mol. The van der Waals surface area contributed by atoms with Crippen LogP contribution < -0.4 is 16.0 Å². The summed E-state index contributed by atoms with van der Waals surface area (Å²) in [6, 6.07) is 8.58. The van der Waals surface area contributed by atoms with Gasteiger partial charge in [0.2, 0.25) is 11.8 Å². The van der Waals surface area contributed by atoms with Crippen LogP contribution in [0.1, 0.15) is 26.7 Å². The molecule has 3 N–H and O–H groups in total. The van der Waals surface area contributed by atoms with E-state index in [9.17, 15) is 14.4 Å². The van der Waals surface area contributed by atoms with Gasteiger partial charge in [0.15, 0.2) is 0 Å². The number of carbonyl (C=O) groups excluding carboxylic acids is 3. The highest BCUT2D eigenvalue weighted by Gasteiger charge is 2.28. The standard InChI is InChI=1S/C18H26N4O3/c1-3-19-16(23)13(2)20-17(24)14-9-11-22(12-10-14)18(25)21-15-7-5-4-6-8-15/h4-8,13-14H,3,9-12H2,1-2H3,(H,19,23)(H,20,24)(H,21,25)/t13-/m0/s1. The van der Waals surface area contributed by atoms with Gasteiger partial charge in [-0.2, -0.15) is 0 Å². The van der Waals surface area contributed by atoms with Gasteiger partial charge in [0.1, 0.15) is 6.04 Å². The normalized spacial score (nSPS) is 16.0. The molecule has 7 heteroatoms. The summed E-state index contributed by atoms with van der Waals surface area (Å²) in [5.74, 6) is -0.477. The Kier molecular flexibility index (Phi) is 6.80. The third kappa shape index (κ3) is 5.48. The minimum Gasteiger partial charge on any atom is -0.355 e. The first-order chi connectivity index (χ1) is 12.0. The minimum atomic E-state index is -0.549. The van der Waals surface area contributed by atoms with Gasteiger partial charge in [-0.1, -0.05) is 18.2 Å². The van der Waals surface area contributed by atoms with Gasteiger partial charge in [-0.25, -0.2) is 4.79 Å². The van der Waals surface area contributed by atoms with Crippen molar-refractivity contribution in [3.05, 3.63) is 30.3 Å². The van der Waals surface area contributed by atoms with E-state index in [2.05, 4.69) is 16.0 Å². The number of nitrogens with zero attached hydrogens (tertiary/aromatic N) is 1. The van der Waals surface area contributed by atoms with Crippen molar-refractivity contribution in [1.82, 2.24) is 15.5 Å². The van der Waals surface area contributed by atoms with Crippen molar-refractivity contribution in [1.29, 1.82) is 0 Å². The Morgan fingerprint density at radius 3 is 2.40 bits per heavy atom. The van der Waals surface area contributed by atoms with Crippen molar-refractivity contribution in [3.63, 3.8) is 0 Å². The second-order valence-corrected chi connectivity index (χ2v) is 6.18. The number of para-hydroxylation sites is 1. The highest BCUT2D eigenvalue weighted by atomic mass is 16.2. The lowest BCUT2D eigenvalue weighted by atomic mass is 9.96. The second-order valence-electron chi connectivity index (χ2n) is 6.18. The van der Waals surface area contributed by atoms with Gasteiger partial charge >= 0.3 is 6.03 Å². The molecule has 0 spiro atoms. The Morgan fingerprint density at radius 2 is 1.80 bits per heavy atom. The zero-order valence-corrected chi connectivity index (χ0v) is 14.7. The summed E-state index contributed by atoms with van der Waals surface area (Å²) in [6.45, 7) is 5.08. The summed E-state index contributed by atoms with van der Waals surface area (Å²) in [5.41, 5.74) is 0.753. The molecule has 136 valence electrons. The summed E-state index contributed by atoms with van der Waals surface area (Å²) in [4.78, 5) is 37.9. The maximum absolute atomic E-state index is 12.3. The van der Waals surface area contributed by atoms with E-state index in [1.807, 2.05) is 37.3 Å². The molecule has 1 aromatic carbocycles. The molecule has 2 rings (SSSR count). The van der Waals surface area contributed by atoms with E-state index < -0.39 is 6.04 Å². The number of hydrogen-bond acceptors (Lipinski definition) is 3. The number of benzene rings is 1. The lowest BCUT2D eigenvalue weighted by molar-refractivity contribution is -0.131. The molecule has 1 aliphatic rings. The topological polar surface area (TPSA) is 90.5 Å². The fourth-order valence-electron chi connectivity index (χ4n) is 2.79. The molecule has 1 aliphatic heterocycles. The SMILES string of the molecule is CCNC(=O)[C@H](C)NC(=O)C1CCN(C(=O)Nc2ccccc2)CC1. The molecule has 0 aliphatic carbocycles. The molecule has 1 heterocycles. The molecule has 0 aromatic heterocycles. The molecule has 4 amide bonds. The van der Waals surface area contributed by atoms with Gasteiger partial charge in [0.25, 0.3) is 0 Å². The van der Waals surface area contributed by atoms with Gasteiger partial charge in [-0.3, -0.25) is 9.59 Å². The Hall–Kier alpha value is -2.57. The van der Waals surface area contributed by atoms with Gasteiger partial charge in [-0.15, -0.1) is 0 Å². The highest BCUT2D eigenvalue weighted by Crippen LogP contribution is 2.18. The molecule has 1 fully saturated rings. The quantitative estimate of drug-likeness (QED) is 0.756. The Morgan fingerprint density at radius 1 is 1.16 bits per heavy atom. The van der Waals surface area contributed by atoms with Crippen LogP contribution in [0.2, 0.25) is 0 Å². The third-order valence-corrected chi connectivity index (χ3v) is 4.28. The monoisotopic (exact) mass is 346 g/mol. The van der Waals surface area contributed by atoms with E-state index in [-0.39, 0.29) is 23.8 Å². The molecule has 1 aromatic rings. The smallest absolute Gasteiger partial charge is 0.321 e. The number of likely N-dealkylation sites (N-methyl/N-ethyl adjacent to an activating group) is 1. The molecule has 25 heavy (non-hydrogen) atoms. The van der Waals surface area contributed by atoms with Crippen LogP contribution in [0.3, 0.4) is 0 Å². The van der Waals surface area contributed by atoms with Crippen LogP contribution in [0.15, 0.2) is 30.3 Å². The maximum Gasteiger partial charge on any atom is 0.321 e. The second kappa shape index (κ2) is 9.05. The van der Waals surface area contributed by atoms with E-state index in [0.29, 0.717) is 32.5 Å². The van der Waals surface area contributed by atoms with Crippen LogP contribution in [-0.4, -0.2) is 48.4 Å². The fourth-order valence-corrected chi connectivity index (χ4v) is 2.79. The summed E-state index contributed by atoms with van der Waals surface area (Å²) in [6.07, 6.45) is 1.19. The van der Waals surface area contributed by atoms with Gasteiger partial charge in [-0.05, 0) is 38.8 Å². The maximum atomic E-state index is 12.3. The Labute approximate surface area is 148 Å². The van der Waals surface area contributed by atoms with Crippen LogP contribution in [0.5, 0.6) is 0 Å². The lowest BCUT2D eigenvalue weighted by Gasteiger charge is -2.31. The summed E-state index contributed by atoms with van der Waals surface area (Å²) >= 11 is 0. The molecule has 0 bridgehead atoms. The summed E-state index contributed by atoms with van der Waals surface area (Å²) in [7, 11) is 0. The van der Waals surface area contributed by atoms with E-state index in [1.165, 1.54) is 0 Å². The van der Waals surface area contributed by atoms with Crippen LogP contribution in [0.4, 0.5) is 10.5 Å². The number of anilines is 1. The molecular weight excluding hydrogens is 320 g/mol. The number of nitrogens with one attached hydrogen (secondary N) is 3. The van der Waals surface area contributed by atoms with Crippen molar-refractivity contribution < 1.29 is 14.4 Å². The average molecular weight is 346 g/mol. The molecule has 0 unspecified atom stereocenters. The van der Waals surface area contributed by atoms with Crippen molar-refractivity contribution >= 4 is 23.5 Å². The third-order valence-electron chi connectivity index (χ3n) is 4.28. The van der Waals surface area contributed by atoms with Gasteiger partial charge < -0.3 is 20.9 Å². The van der Waals surface area contributed by atoms with E-state index in [1.54, 1.807) is 11.8 Å². The average Bonchev–Trinajstić information content (AvgIpc) is 2.62. The Balaban J connectivity index is 1.77. The zero-order valence-electron chi connectivity index (χ0n) is 14.7. The number of carbonyl (C=O) groups is 3. The van der Waals surface area contributed by atoms with Gasteiger partial charge in [0.05, 0.1) is 0 Å². The summed E-state index contributed by atoms with van der Waals surface area (Å²) in [5, 5.41) is 8.28. The van der Waals surface area contributed by atoms with E-state index in [4.69, 9.17) is 0 Å². The predicted octanol–water partition coefficient (Wildman–Crippen LogP) is 1.57. The number of piperidine rings is 1. The van der Waals surface area contributed by atoms with Crippen molar-refractivity contribution in [2.24, 2.45) is 5.92 Å². The number of amides is 4. The highest BCUT2D eigenvalue weighted by molar-refractivity contribution is 5.90. The van der Waals surface area contributed by atoms with Crippen molar-refractivity contribution in [2.45, 2.75) is 32.7 Å². The van der Waals surface area contributed by atoms with Crippen LogP contribution >= 0.6 is 0 Å². The zero-order chi connectivity index (χ0) is 18.2. The van der Waals surface area contributed by atoms with Crippen LogP contribution in [0, 0.1) is 5.92 Å². The largest absolute Gasteiger partial charge is 0.355 e.